The number of sulfonamides is 1. The van der Waals surface area contributed by atoms with Gasteiger partial charge in [0.2, 0.25) is 10.0 Å². The molecule has 3 aromatic rings. The third kappa shape index (κ3) is 6.75. The summed E-state index contributed by atoms with van der Waals surface area (Å²) >= 11 is 18.0. The minimum Gasteiger partial charge on any atom is -0.272 e. The second kappa shape index (κ2) is 11.1. The van der Waals surface area contributed by atoms with Crippen LogP contribution in [-0.4, -0.2) is 31.4 Å². The predicted molar refractivity (Wildman–Crippen MR) is 128 cm³/mol. The lowest BCUT2D eigenvalue weighted by molar-refractivity contribution is -0.121. The SMILES string of the molecule is O=C(CN(Cc1ccc(F)cc1)S(=O)(=O)c1ccc(Cl)cc1)N/N=C\c1c(Cl)cccc1Cl. The molecule has 3 aromatic carbocycles. The molecule has 0 aliphatic heterocycles. The molecule has 0 fully saturated rings. The predicted octanol–water partition coefficient (Wildman–Crippen LogP) is 5.13. The summed E-state index contributed by atoms with van der Waals surface area (Å²) in [6, 6.07) is 15.7. The van der Waals surface area contributed by atoms with Gasteiger partial charge in [0.05, 0.1) is 27.7 Å². The zero-order chi connectivity index (χ0) is 24.0. The smallest absolute Gasteiger partial charge is 0.255 e. The molecule has 0 saturated carbocycles. The summed E-state index contributed by atoms with van der Waals surface area (Å²) in [7, 11) is -4.09. The van der Waals surface area contributed by atoms with Crippen molar-refractivity contribution >= 4 is 56.9 Å². The molecule has 6 nitrogen and oxygen atoms in total. The minimum atomic E-state index is -4.09. The zero-order valence-corrected chi connectivity index (χ0v) is 20.0. The van der Waals surface area contributed by atoms with Crippen molar-refractivity contribution in [1.82, 2.24) is 9.73 Å². The Morgan fingerprint density at radius 3 is 2.18 bits per heavy atom. The minimum absolute atomic E-state index is 0.0480. The first kappa shape index (κ1) is 25.1. The molecule has 11 heteroatoms. The van der Waals surface area contributed by atoms with Crippen molar-refractivity contribution in [2.45, 2.75) is 11.4 Å². The van der Waals surface area contributed by atoms with Crippen molar-refractivity contribution in [2.24, 2.45) is 5.10 Å². The summed E-state index contributed by atoms with van der Waals surface area (Å²) < 4.78 is 40.6. The molecule has 33 heavy (non-hydrogen) atoms. The van der Waals surface area contributed by atoms with E-state index in [1.807, 2.05) is 0 Å². The quantitative estimate of drug-likeness (QED) is 0.325. The fraction of sp³-hybridized carbons (Fsp3) is 0.0909. The number of amides is 1. The second-order valence-electron chi connectivity index (χ2n) is 6.78. The summed E-state index contributed by atoms with van der Waals surface area (Å²) in [5, 5.41) is 4.86. The van der Waals surface area contributed by atoms with Gasteiger partial charge >= 0.3 is 0 Å². The van der Waals surface area contributed by atoms with Crippen molar-refractivity contribution < 1.29 is 17.6 Å². The van der Waals surface area contributed by atoms with E-state index >= 15 is 0 Å². The van der Waals surface area contributed by atoms with Crippen LogP contribution < -0.4 is 5.43 Å². The van der Waals surface area contributed by atoms with Gasteiger partial charge in [-0.3, -0.25) is 4.79 Å². The van der Waals surface area contributed by atoms with Gasteiger partial charge in [0.15, 0.2) is 0 Å². The molecule has 0 aromatic heterocycles. The summed E-state index contributed by atoms with van der Waals surface area (Å²) in [6.07, 6.45) is 1.26. The van der Waals surface area contributed by atoms with Crippen molar-refractivity contribution in [3.8, 4) is 0 Å². The van der Waals surface area contributed by atoms with E-state index in [2.05, 4.69) is 10.5 Å². The topological polar surface area (TPSA) is 78.8 Å². The van der Waals surface area contributed by atoms with Crippen LogP contribution in [0.4, 0.5) is 4.39 Å². The average molecular weight is 529 g/mol. The van der Waals surface area contributed by atoms with Gasteiger partial charge in [-0.15, -0.1) is 0 Å². The fourth-order valence-corrected chi connectivity index (χ4v) is 4.78. The third-order valence-electron chi connectivity index (χ3n) is 4.43. The Hall–Kier alpha value is -2.49. The van der Waals surface area contributed by atoms with Gasteiger partial charge in [-0.2, -0.15) is 9.41 Å². The lowest BCUT2D eigenvalue weighted by Crippen LogP contribution is -2.39. The number of rotatable bonds is 8. The molecule has 0 bridgehead atoms. The molecule has 1 amide bonds. The Morgan fingerprint density at radius 2 is 1.58 bits per heavy atom. The Kier molecular flexibility index (Phi) is 8.45. The van der Waals surface area contributed by atoms with E-state index in [1.54, 1.807) is 18.2 Å². The zero-order valence-electron chi connectivity index (χ0n) is 16.9. The molecule has 0 aliphatic rings. The molecule has 3 rings (SSSR count). The summed E-state index contributed by atoms with van der Waals surface area (Å²) in [5.74, 6) is -1.16. The average Bonchev–Trinajstić information content (AvgIpc) is 2.77. The third-order valence-corrected chi connectivity index (χ3v) is 7.14. The van der Waals surface area contributed by atoms with Crippen LogP contribution in [0.15, 0.2) is 76.7 Å². The number of halogens is 4. The Labute approximate surface area is 205 Å². The maximum Gasteiger partial charge on any atom is 0.255 e. The molecule has 0 spiro atoms. The fourth-order valence-electron chi connectivity index (χ4n) is 2.77. The normalized spacial score (nSPS) is 11.8. The van der Waals surface area contributed by atoms with Gasteiger partial charge in [0, 0.05) is 17.1 Å². The molecule has 0 saturated heterocycles. The van der Waals surface area contributed by atoms with Crippen LogP contribution in [0.5, 0.6) is 0 Å². The van der Waals surface area contributed by atoms with E-state index in [9.17, 15) is 17.6 Å². The number of nitrogens with one attached hydrogen (secondary N) is 1. The Morgan fingerprint density at radius 1 is 0.970 bits per heavy atom. The lowest BCUT2D eigenvalue weighted by Gasteiger charge is -2.21. The van der Waals surface area contributed by atoms with Crippen LogP contribution in [0, 0.1) is 5.82 Å². The van der Waals surface area contributed by atoms with Crippen LogP contribution in [-0.2, 0) is 21.4 Å². The summed E-state index contributed by atoms with van der Waals surface area (Å²) in [6.45, 7) is -0.714. The standard InChI is InChI=1S/C22H17Cl3FN3O3S/c23-16-6-10-18(11-7-16)33(31,32)29(13-15-4-8-17(26)9-5-15)14-22(30)28-27-12-19-20(24)2-1-3-21(19)25/h1-12H,13-14H2,(H,28,30)/b27-12-. The van der Waals surface area contributed by atoms with Gasteiger partial charge in [0.25, 0.3) is 5.91 Å². The summed E-state index contributed by atoms with van der Waals surface area (Å²) in [5.41, 5.74) is 3.16. The highest BCUT2D eigenvalue weighted by Crippen LogP contribution is 2.22. The Bertz CT molecular complexity index is 1250. The maximum atomic E-state index is 13.3. The van der Waals surface area contributed by atoms with Crippen LogP contribution in [0.1, 0.15) is 11.1 Å². The van der Waals surface area contributed by atoms with Crippen LogP contribution in [0.2, 0.25) is 15.1 Å². The molecule has 0 atom stereocenters. The van der Waals surface area contributed by atoms with Crippen molar-refractivity contribution in [3.05, 3.63) is 98.7 Å². The monoisotopic (exact) mass is 527 g/mol. The highest BCUT2D eigenvalue weighted by molar-refractivity contribution is 7.89. The van der Waals surface area contributed by atoms with Crippen LogP contribution in [0.25, 0.3) is 0 Å². The second-order valence-corrected chi connectivity index (χ2v) is 9.97. The summed E-state index contributed by atoms with van der Waals surface area (Å²) in [4.78, 5) is 12.5. The molecular formula is C22H17Cl3FN3O3S. The highest BCUT2D eigenvalue weighted by Gasteiger charge is 2.27. The lowest BCUT2D eigenvalue weighted by atomic mass is 10.2. The number of carbonyl (C=O) groups excluding carboxylic acids is 1. The number of nitrogens with zero attached hydrogens (tertiary/aromatic N) is 2. The van der Waals surface area contributed by atoms with E-state index in [4.69, 9.17) is 34.8 Å². The van der Waals surface area contributed by atoms with E-state index in [1.165, 1.54) is 54.7 Å². The number of hydrazone groups is 1. The molecule has 0 unspecified atom stereocenters. The number of hydrogen-bond acceptors (Lipinski definition) is 4. The highest BCUT2D eigenvalue weighted by atomic mass is 35.5. The molecule has 0 radical (unpaired) electrons. The number of benzene rings is 3. The van der Waals surface area contributed by atoms with Gasteiger partial charge in [0.1, 0.15) is 5.82 Å². The molecule has 0 aliphatic carbocycles. The largest absolute Gasteiger partial charge is 0.272 e. The van der Waals surface area contributed by atoms with Crippen molar-refractivity contribution in [1.29, 1.82) is 0 Å². The first-order valence-electron chi connectivity index (χ1n) is 9.43. The Balaban J connectivity index is 1.81. The van der Waals surface area contributed by atoms with E-state index < -0.39 is 28.3 Å². The van der Waals surface area contributed by atoms with Gasteiger partial charge in [-0.05, 0) is 54.1 Å². The van der Waals surface area contributed by atoms with Crippen molar-refractivity contribution in [3.63, 3.8) is 0 Å². The first-order chi connectivity index (χ1) is 15.7. The molecule has 172 valence electrons. The van der Waals surface area contributed by atoms with E-state index in [0.717, 1.165) is 4.31 Å². The number of carbonyl (C=O) groups is 1. The molecular weight excluding hydrogens is 512 g/mol. The van der Waals surface area contributed by atoms with Crippen LogP contribution >= 0.6 is 34.8 Å². The van der Waals surface area contributed by atoms with Gasteiger partial charge in [-0.25, -0.2) is 18.2 Å². The molecule has 1 N–H and O–H groups in total. The first-order valence-corrected chi connectivity index (χ1v) is 12.0. The number of hydrogen-bond donors (Lipinski definition) is 1. The van der Waals surface area contributed by atoms with Gasteiger partial charge in [-0.1, -0.05) is 53.0 Å². The molecule has 0 heterocycles. The van der Waals surface area contributed by atoms with E-state index in [0.29, 0.717) is 26.2 Å². The van der Waals surface area contributed by atoms with Crippen molar-refractivity contribution in [2.75, 3.05) is 6.54 Å². The van der Waals surface area contributed by atoms with Gasteiger partial charge < -0.3 is 0 Å². The van der Waals surface area contributed by atoms with Crippen LogP contribution in [0.3, 0.4) is 0 Å². The van der Waals surface area contributed by atoms with E-state index in [-0.39, 0.29) is 11.4 Å². The maximum absolute atomic E-state index is 13.3.